The molecule has 1 aromatic heterocycles. The minimum Gasteiger partial charge on any atom is -0.481 e. The number of nitrogens with zero attached hydrogens (tertiary/aromatic N) is 1. The highest BCUT2D eigenvalue weighted by molar-refractivity contribution is 5.97. The van der Waals surface area contributed by atoms with Crippen LogP contribution in [0.1, 0.15) is 23.0 Å². The van der Waals surface area contributed by atoms with Crippen molar-refractivity contribution in [2.75, 3.05) is 12.8 Å². The predicted molar refractivity (Wildman–Crippen MR) is 50.2 cm³/mol. The first kappa shape index (κ1) is 12.3. The third kappa shape index (κ3) is 2.23. The van der Waals surface area contributed by atoms with Crippen molar-refractivity contribution in [3.63, 3.8) is 0 Å². The molecule has 0 aliphatic heterocycles. The van der Waals surface area contributed by atoms with Crippen LogP contribution in [0.15, 0.2) is 6.07 Å². The van der Waals surface area contributed by atoms with Crippen molar-refractivity contribution in [1.82, 2.24) is 4.98 Å². The van der Waals surface area contributed by atoms with E-state index in [1.54, 1.807) is 0 Å². The van der Waals surface area contributed by atoms with Crippen LogP contribution in [-0.2, 0) is 6.18 Å². The maximum absolute atomic E-state index is 12.5. The molecular formula is C9H9F3N2O2. The van der Waals surface area contributed by atoms with Crippen LogP contribution in [-0.4, -0.2) is 17.9 Å². The van der Waals surface area contributed by atoms with Crippen LogP contribution in [0.4, 0.5) is 18.9 Å². The molecule has 88 valence electrons. The number of rotatable bonds is 2. The van der Waals surface area contributed by atoms with Crippen molar-refractivity contribution in [2.45, 2.75) is 13.1 Å². The third-order valence-electron chi connectivity index (χ3n) is 1.85. The quantitative estimate of drug-likeness (QED) is 0.793. The zero-order chi connectivity index (χ0) is 12.5. The molecule has 0 amide bonds. The lowest BCUT2D eigenvalue weighted by Crippen LogP contribution is -2.13. The van der Waals surface area contributed by atoms with E-state index in [1.165, 1.54) is 0 Å². The van der Waals surface area contributed by atoms with Crippen LogP contribution >= 0.6 is 0 Å². The van der Waals surface area contributed by atoms with Gasteiger partial charge in [-0.15, -0.1) is 0 Å². The van der Waals surface area contributed by atoms with Crippen LogP contribution in [0.25, 0.3) is 0 Å². The number of halogens is 3. The molecular weight excluding hydrogens is 225 g/mol. The molecule has 0 radical (unpaired) electrons. The molecule has 0 saturated carbocycles. The molecule has 0 spiro atoms. The third-order valence-corrected chi connectivity index (χ3v) is 1.85. The van der Waals surface area contributed by atoms with Crippen LogP contribution in [0.3, 0.4) is 0 Å². The second-order valence-corrected chi connectivity index (χ2v) is 3.04. The number of carbonyl (C=O) groups excluding carboxylic acids is 1. The molecule has 2 N–H and O–H groups in total. The summed E-state index contributed by atoms with van der Waals surface area (Å²) in [7, 11) is 1.04. The fraction of sp³-hybridized carbons (Fsp3) is 0.333. The van der Waals surface area contributed by atoms with E-state index in [0.29, 0.717) is 6.07 Å². The van der Waals surface area contributed by atoms with E-state index >= 15 is 0 Å². The highest BCUT2D eigenvalue weighted by Gasteiger charge is 2.36. The minimum atomic E-state index is -4.62. The standard InChI is InChI=1S/C9H9F3N2O2/c1-4(15)7-6(13)3-5(9(10,11)12)8(14-7)16-2/h3H,13H2,1-2H3. The summed E-state index contributed by atoms with van der Waals surface area (Å²) >= 11 is 0. The number of anilines is 1. The Balaban J connectivity index is 3.44. The Morgan fingerprint density at radius 2 is 2.06 bits per heavy atom. The molecule has 4 nitrogen and oxygen atoms in total. The molecule has 1 rings (SSSR count). The average molecular weight is 234 g/mol. The van der Waals surface area contributed by atoms with Gasteiger partial charge in [-0.25, -0.2) is 4.98 Å². The van der Waals surface area contributed by atoms with Crippen molar-refractivity contribution in [2.24, 2.45) is 0 Å². The lowest BCUT2D eigenvalue weighted by molar-refractivity contribution is -0.139. The Kier molecular flexibility index (Phi) is 3.06. The predicted octanol–water partition coefficient (Wildman–Crippen LogP) is 1.89. The number of hydrogen-bond donors (Lipinski definition) is 1. The van der Waals surface area contributed by atoms with Gasteiger partial charge in [0.1, 0.15) is 11.3 Å². The van der Waals surface area contributed by atoms with Crippen LogP contribution in [0.2, 0.25) is 0 Å². The Labute approximate surface area is 89.2 Å². The van der Waals surface area contributed by atoms with Crippen molar-refractivity contribution in [3.05, 3.63) is 17.3 Å². The number of pyridine rings is 1. The summed E-state index contributed by atoms with van der Waals surface area (Å²) in [6, 6.07) is 0.641. The summed E-state index contributed by atoms with van der Waals surface area (Å²) in [6.45, 7) is 1.16. The van der Waals surface area contributed by atoms with Gasteiger partial charge in [-0.2, -0.15) is 13.2 Å². The summed E-state index contributed by atoms with van der Waals surface area (Å²) in [5.41, 5.74) is 3.65. The monoisotopic (exact) mass is 234 g/mol. The molecule has 0 atom stereocenters. The molecule has 0 aliphatic rings. The number of hydrogen-bond acceptors (Lipinski definition) is 4. The number of carbonyl (C=O) groups is 1. The van der Waals surface area contributed by atoms with E-state index in [4.69, 9.17) is 5.73 Å². The summed E-state index contributed by atoms with van der Waals surface area (Å²) in [4.78, 5) is 14.5. The van der Waals surface area contributed by atoms with Crippen molar-refractivity contribution in [3.8, 4) is 5.88 Å². The first-order valence-corrected chi connectivity index (χ1v) is 4.20. The second-order valence-electron chi connectivity index (χ2n) is 3.04. The number of ketones is 1. The number of nitrogen functional groups attached to an aromatic ring is 1. The van der Waals surface area contributed by atoms with E-state index < -0.39 is 23.4 Å². The Morgan fingerprint density at radius 1 is 1.50 bits per heavy atom. The summed E-state index contributed by atoms with van der Waals surface area (Å²) in [5.74, 6) is -1.18. The summed E-state index contributed by atoms with van der Waals surface area (Å²) in [5, 5.41) is 0. The number of nitrogens with two attached hydrogens (primary N) is 1. The van der Waals surface area contributed by atoms with Gasteiger partial charge in [0.15, 0.2) is 5.78 Å². The molecule has 16 heavy (non-hydrogen) atoms. The van der Waals surface area contributed by atoms with Gasteiger partial charge in [-0.3, -0.25) is 4.79 Å². The van der Waals surface area contributed by atoms with Crippen LogP contribution in [0.5, 0.6) is 5.88 Å². The Bertz CT molecular complexity index is 429. The van der Waals surface area contributed by atoms with Gasteiger partial charge >= 0.3 is 6.18 Å². The molecule has 0 saturated heterocycles. The lowest BCUT2D eigenvalue weighted by Gasteiger charge is -2.13. The second kappa shape index (κ2) is 3.99. The SMILES string of the molecule is COc1nc(C(C)=O)c(N)cc1C(F)(F)F. The van der Waals surface area contributed by atoms with Gasteiger partial charge in [0.25, 0.3) is 0 Å². The van der Waals surface area contributed by atoms with E-state index in [2.05, 4.69) is 9.72 Å². The highest BCUT2D eigenvalue weighted by atomic mass is 19.4. The molecule has 0 aromatic carbocycles. The summed E-state index contributed by atoms with van der Waals surface area (Å²) in [6.07, 6.45) is -4.62. The lowest BCUT2D eigenvalue weighted by atomic mass is 10.1. The van der Waals surface area contributed by atoms with Crippen molar-refractivity contribution in [1.29, 1.82) is 0 Å². The molecule has 1 heterocycles. The van der Waals surface area contributed by atoms with Gasteiger partial charge in [0, 0.05) is 6.92 Å². The van der Waals surface area contributed by atoms with E-state index in [9.17, 15) is 18.0 Å². The van der Waals surface area contributed by atoms with Crippen molar-refractivity contribution < 1.29 is 22.7 Å². The first-order chi connectivity index (χ1) is 7.27. The maximum atomic E-state index is 12.5. The number of methoxy groups -OCH3 is 1. The van der Waals surface area contributed by atoms with Gasteiger partial charge in [0.05, 0.1) is 12.8 Å². The Hall–Kier alpha value is -1.79. The molecule has 0 fully saturated rings. The molecule has 7 heteroatoms. The fourth-order valence-electron chi connectivity index (χ4n) is 1.15. The average Bonchev–Trinajstić information content (AvgIpc) is 2.15. The van der Waals surface area contributed by atoms with Crippen molar-refractivity contribution >= 4 is 11.5 Å². The van der Waals surface area contributed by atoms with E-state index in [0.717, 1.165) is 14.0 Å². The van der Waals surface area contributed by atoms with Crippen LogP contribution < -0.4 is 10.5 Å². The van der Waals surface area contributed by atoms with Gasteiger partial charge < -0.3 is 10.5 Å². The molecule has 0 bridgehead atoms. The van der Waals surface area contributed by atoms with E-state index in [-0.39, 0.29) is 11.4 Å². The number of alkyl halides is 3. The van der Waals surface area contributed by atoms with Gasteiger partial charge in [-0.1, -0.05) is 0 Å². The number of ether oxygens (including phenoxy) is 1. The zero-order valence-corrected chi connectivity index (χ0v) is 8.55. The number of Topliss-reactive ketones (excluding diaryl/α,β-unsaturated/α-hetero) is 1. The number of aromatic nitrogens is 1. The fourth-order valence-corrected chi connectivity index (χ4v) is 1.15. The highest BCUT2D eigenvalue weighted by Crippen LogP contribution is 2.36. The molecule has 1 aromatic rings. The zero-order valence-electron chi connectivity index (χ0n) is 8.55. The smallest absolute Gasteiger partial charge is 0.421 e. The summed E-state index contributed by atoms with van der Waals surface area (Å²) < 4.78 is 41.9. The topological polar surface area (TPSA) is 65.2 Å². The maximum Gasteiger partial charge on any atom is 0.421 e. The molecule has 0 aliphatic carbocycles. The minimum absolute atomic E-state index is 0.232. The molecule has 0 unspecified atom stereocenters. The van der Waals surface area contributed by atoms with Crippen LogP contribution in [0, 0.1) is 0 Å². The first-order valence-electron chi connectivity index (χ1n) is 4.20. The Morgan fingerprint density at radius 3 is 2.44 bits per heavy atom. The van der Waals surface area contributed by atoms with E-state index in [1.807, 2.05) is 0 Å². The van der Waals surface area contributed by atoms with Gasteiger partial charge in [-0.05, 0) is 6.07 Å². The van der Waals surface area contributed by atoms with Gasteiger partial charge in [0.2, 0.25) is 5.88 Å². The normalized spacial score (nSPS) is 11.3. The largest absolute Gasteiger partial charge is 0.481 e.